The summed E-state index contributed by atoms with van der Waals surface area (Å²) in [6.07, 6.45) is 5.64. The van der Waals surface area contributed by atoms with Gasteiger partial charge in [0.15, 0.2) is 0 Å². The molecule has 0 saturated heterocycles. The summed E-state index contributed by atoms with van der Waals surface area (Å²) in [6.45, 7) is 14.4. The van der Waals surface area contributed by atoms with Crippen LogP contribution in [0.3, 0.4) is 0 Å². The smallest absolute Gasteiger partial charge is 0.331 e. The highest BCUT2D eigenvalue weighted by Gasteiger charge is 2.73. The minimum Gasteiger partial charge on any atom is -0.478 e. The Labute approximate surface area is 246 Å². The van der Waals surface area contributed by atoms with Gasteiger partial charge in [-0.25, -0.2) is 4.79 Å². The predicted molar refractivity (Wildman–Crippen MR) is 158 cm³/mol. The Kier molecular flexibility index (Phi) is 7.64. The Bertz CT molecular complexity index is 1170. The summed E-state index contributed by atoms with van der Waals surface area (Å²) >= 11 is 0. The number of hydrogen-bond acceptors (Lipinski definition) is 6. The molecule has 0 aromatic heterocycles. The van der Waals surface area contributed by atoms with Crippen molar-refractivity contribution in [2.45, 2.75) is 137 Å². The molecule has 5 fully saturated rings. The zero-order valence-electron chi connectivity index (χ0n) is 26.3. The van der Waals surface area contributed by atoms with Gasteiger partial charge in [0.1, 0.15) is 6.10 Å². The summed E-state index contributed by atoms with van der Waals surface area (Å²) in [5.74, 6) is -1.85. The molecular formula is C34H53NO6. The van der Waals surface area contributed by atoms with Gasteiger partial charge in [-0.05, 0) is 118 Å². The molecule has 0 amide bonds. The van der Waals surface area contributed by atoms with E-state index < -0.39 is 35.8 Å². The van der Waals surface area contributed by atoms with E-state index in [1.807, 2.05) is 0 Å². The van der Waals surface area contributed by atoms with Gasteiger partial charge in [0.2, 0.25) is 0 Å². The van der Waals surface area contributed by atoms with E-state index in [9.17, 15) is 24.9 Å². The number of carboxylic acid groups (broad SMARTS) is 1. The number of allylic oxidation sites excluding steroid dienone is 2. The first-order chi connectivity index (χ1) is 19.0. The molecule has 0 aliphatic heterocycles. The summed E-state index contributed by atoms with van der Waals surface area (Å²) in [4.78, 5) is 25.6. The number of carbonyl (C=O) groups excluding carboxylic acids is 1. The van der Waals surface area contributed by atoms with Crippen molar-refractivity contribution in [3.8, 4) is 0 Å². The zero-order valence-corrected chi connectivity index (χ0v) is 26.3. The zero-order chi connectivity index (χ0) is 30.3. The molecule has 0 bridgehead atoms. The lowest BCUT2D eigenvalue weighted by Crippen LogP contribution is -2.75. The minimum absolute atomic E-state index is 0.0782. The number of hydrogen-bond donors (Lipinski definition) is 4. The molecule has 0 heterocycles. The molecule has 0 aromatic rings. The summed E-state index contributed by atoms with van der Waals surface area (Å²) < 4.78 is 6.01. The molecule has 0 aromatic carbocycles. The highest BCUT2D eigenvalue weighted by molar-refractivity contribution is 5.89. The number of esters is 1. The van der Waals surface area contributed by atoms with Crippen molar-refractivity contribution < 1.29 is 29.6 Å². The molecule has 7 nitrogen and oxygen atoms in total. The molecule has 5 aliphatic carbocycles. The molecule has 11 atom stereocenters. The maximum atomic E-state index is 13.1. The van der Waals surface area contributed by atoms with E-state index in [1.54, 1.807) is 0 Å². The standard InChI is InChI=1S/C34H53NO6/c1-18(2)21-9-8-10-22(15-21)27(30(39)40)28-23-16-25(38)29-31(5,33(23,7)17-26(28)41-20(4)36)13-14-34(35)19(3)24(37)11-12-32(29,34)6/h19,22-26,29,37-38H,8-17,35H2,1-7H3,(H,39,40)/b28-27-/t19?,22?,23-,24+,25+,26?,29+,31?,32?,33?,34+/m0/s1. The molecule has 5 N–H and O–H groups in total. The third kappa shape index (κ3) is 4.30. The van der Waals surface area contributed by atoms with Crippen molar-refractivity contribution in [2.75, 3.05) is 0 Å². The van der Waals surface area contributed by atoms with Crippen molar-refractivity contribution in [3.63, 3.8) is 0 Å². The number of aliphatic carboxylic acids is 1. The minimum atomic E-state index is -0.921. The second-order valence-corrected chi connectivity index (χ2v) is 15.4. The van der Waals surface area contributed by atoms with Gasteiger partial charge < -0.3 is 25.8 Å². The molecule has 6 unspecified atom stereocenters. The number of carboxylic acids is 1. The summed E-state index contributed by atoms with van der Waals surface area (Å²) in [5, 5.41) is 33.7. The third-order valence-corrected chi connectivity index (χ3v) is 13.6. The second-order valence-electron chi connectivity index (χ2n) is 15.4. The van der Waals surface area contributed by atoms with Gasteiger partial charge in [0.05, 0.1) is 12.2 Å². The van der Waals surface area contributed by atoms with E-state index in [0.29, 0.717) is 24.8 Å². The third-order valence-electron chi connectivity index (χ3n) is 13.6. The van der Waals surface area contributed by atoms with Crippen molar-refractivity contribution in [1.82, 2.24) is 0 Å². The van der Waals surface area contributed by atoms with Crippen LogP contribution in [0.4, 0.5) is 0 Å². The van der Waals surface area contributed by atoms with E-state index in [0.717, 1.165) is 50.5 Å². The van der Waals surface area contributed by atoms with Gasteiger partial charge in [-0.2, -0.15) is 0 Å². The number of ether oxygens (including phenoxy) is 1. The predicted octanol–water partition coefficient (Wildman–Crippen LogP) is 5.53. The highest BCUT2D eigenvalue weighted by atomic mass is 16.5. The fourth-order valence-electron chi connectivity index (χ4n) is 11.1. The van der Waals surface area contributed by atoms with Crippen LogP contribution >= 0.6 is 0 Å². The van der Waals surface area contributed by atoms with Crippen LogP contribution in [0, 0.1) is 39.9 Å². The van der Waals surface area contributed by atoms with Crippen molar-refractivity contribution >= 4 is 11.9 Å². The van der Waals surface area contributed by atoms with Crippen LogP contribution in [0.15, 0.2) is 22.3 Å². The number of aliphatic hydroxyl groups is 2. The maximum Gasteiger partial charge on any atom is 0.331 e. The lowest BCUT2D eigenvalue weighted by Gasteiger charge is -2.71. The Morgan fingerprint density at radius 3 is 2.24 bits per heavy atom. The molecule has 41 heavy (non-hydrogen) atoms. The summed E-state index contributed by atoms with van der Waals surface area (Å²) in [7, 11) is 0. The van der Waals surface area contributed by atoms with Crippen LogP contribution in [0.25, 0.3) is 0 Å². The van der Waals surface area contributed by atoms with Gasteiger partial charge in [-0.1, -0.05) is 38.8 Å². The first kappa shape index (κ1) is 30.7. The second kappa shape index (κ2) is 10.2. The number of aliphatic hydroxyl groups excluding tert-OH is 2. The molecule has 0 radical (unpaired) electrons. The molecule has 5 rings (SSSR count). The largest absolute Gasteiger partial charge is 0.478 e. The van der Waals surface area contributed by atoms with Crippen LogP contribution in [-0.4, -0.2) is 51.1 Å². The van der Waals surface area contributed by atoms with E-state index in [2.05, 4.69) is 41.5 Å². The number of carbonyl (C=O) groups is 2. The molecule has 5 saturated carbocycles. The van der Waals surface area contributed by atoms with Crippen molar-refractivity contribution in [2.24, 2.45) is 45.7 Å². The van der Waals surface area contributed by atoms with Crippen LogP contribution in [-0.2, 0) is 14.3 Å². The van der Waals surface area contributed by atoms with Gasteiger partial charge >= 0.3 is 11.9 Å². The Morgan fingerprint density at radius 2 is 1.63 bits per heavy atom. The quantitative estimate of drug-likeness (QED) is 0.199. The lowest BCUT2D eigenvalue weighted by molar-refractivity contribution is -0.241. The SMILES string of the molecule is CC(=O)OC1CC2(C)[C@@H](C[C@@H](O)[C@@H]3C2(C)CC[C@@]2(N)C(C)[C@H](O)CCC32C)/C1=C(/C(=O)O)C1CCCC(=C(C)C)C1. The molecule has 230 valence electrons. The Hall–Kier alpha value is -1.70. The van der Waals surface area contributed by atoms with Crippen LogP contribution in [0.2, 0.25) is 0 Å². The summed E-state index contributed by atoms with van der Waals surface area (Å²) in [5.41, 5.74) is 9.29. The van der Waals surface area contributed by atoms with E-state index >= 15 is 0 Å². The first-order valence-corrected chi connectivity index (χ1v) is 16.0. The number of rotatable bonds is 3. The number of fused-ring (bicyclic) bond motifs is 5. The van der Waals surface area contributed by atoms with E-state index in [-0.39, 0.29) is 39.9 Å². The normalized spacial score (nSPS) is 48.9. The van der Waals surface area contributed by atoms with Crippen molar-refractivity contribution in [1.29, 1.82) is 0 Å². The van der Waals surface area contributed by atoms with E-state index in [1.165, 1.54) is 18.1 Å². The fourth-order valence-corrected chi connectivity index (χ4v) is 11.1. The van der Waals surface area contributed by atoms with Crippen LogP contribution in [0.5, 0.6) is 0 Å². The molecule has 0 spiro atoms. The Balaban J connectivity index is 1.65. The topological polar surface area (TPSA) is 130 Å². The lowest BCUT2D eigenvalue weighted by atomic mass is 9.34. The van der Waals surface area contributed by atoms with Crippen molar-refractivity contribution in [3.05, 3.63) is 22.3 Å². The highest BCUT2D eigenvalue weighted by Crippen LogP contribution is 2.75. The number of nitrogens with two attached hydrogens (primary N) is 1. The summed E-state index contributed by atoms with van der Waals surface area (Å²) in [6, 6.07) is 0. The van der Waals surface area contributed by atoms with E-state index in [4.69, 9.17) is 10.5 Å². The van der Waals surface area contributed by atoms with Gasteiger partial charge in [-0.3, -0.25) is 4.79 Å². The van der Waals surface area contributed by atoms with Crippen LogP contribution in [0.1, 0.15) is 113 Å². The fraction of sp³-hybridized carbons (Fsp3) is 0.824. The average molecular weight is 572 g/mol. The molecular weight excluding hydrogens is 518 g/mol. The first-order valence-electron chi connectivity index (χ1n) is 16.0. The van der Waals surface area contributed by atoms with Gasteiger partial charge in [0.25, 0.3) is 0 Å². The maximum absolute atomic E-state index is 13.1. The monoisotopic (exact) mass is 571 g/mol. The average Bonchev–Trinajstić information content (AvgIpc) is 3.15. The molecule has 7 heteroatoms. The Morgan fingerprint density at radius 1 is 0.951 bits per heavy atom. The molecule has 5 aliphatic rings. The van der Waals surface area contributed by atoms with Crippen LogP contribution < -0.4 is 5.73 Å². The van der Waals surface area contributed by atoms with Gasteiger partial charge in [-0.15, -0.1) is 0 Å². The van der Waals surface area contributed by atoms with Gasteiger partial charge in [0, 0.05) is 24.0 Å².